The first-order chi connectivity index (χ1) is 11.9. The molecule has 0 atom stereocenters. The van der Waals surface area contributed by atoms with E-state index in [9.17, 15) is 4.79 Å². The Morgan fingerprint density at radius 1 is 1.16 bits per heavy atom. The molecule has 25 heavy (non-hydrogen) atoms. The SMILES string of the molecule is COc1ccc(Cl)cc1CN(C)CC(=O)N(c1ccccc1)C(C)C. The van der Waals surface area contributed by atoms with Gasteiger partial charge in [-0.25, -0.2) is 0 Å². The zero-order valence-corrected chi connectivity index (χ0v) is 16.0. The molecule has 4 nitrogen and oxygen atoms in total. The van der Waals surface area contributed by atoms with Crippen molar-refractivity contribution in [2.24, 2.45) is 0 Å². The standard InChI is InChI=1S/C20H25ClN2O2/c1-15(2)23(18-8-6-5-7-9-18)20(24)14-22(3)13-16-12-17(21)10-11-19(16)25-4/h5-12,15H,13-14H2,1-4H3. The second-order valence-electron chi connectivity index (χ2n) is 6.32. The summed E-state index contributed by atoms with van der Waals surface area (Å²) in [5, 5.41) is 0.656. The Bertz CT molecular complexity index is 704. The number of likely N-dealkylation sites (N-methyl/N-ethyl adjacent to an activating group) is 1. The summed E-state index contributed by atoms with van der Waals surface area (Å²) in [7, 11) is 3.55. The molecule has 5 heteroatoms. The summed E-state index contributed by atoms with van der Waals surface area (Å²) >= 11 is 6.09. The van der Waals surface area contributed by atoms with Crippen LogP contribution in [0.4, 0.5) is 5.69 Å². The highest BCUT2D eigenvalue weighted by atomic mass is 35.5. The molecule has 0 saturated heterocycles. The topological polar surface area (TPSA) is 32.8 Å². The first-order valence-corrected chi connectivity index (χ1v) is 8.68. The normalized spacial score (nSPS) is 11.0. The van der Waals surface area contributed by atoms with E-state index >= 15 is 0 Å². The van der Waals surface area contributed by atoms with Crippen LogP contribution in [0.1, 0.15) is 19.4 Å². The molecule has 2 aromatic carbocycles. The molecule has 0 aromatic heterocycles. The average Bonchev–Trinajstić information content (AvgIpc) is 2.55. The highest BCUT2D eigenvalue weighted by molar-refractivity contribution is 6.30. The van der Waals surface area contributed by atoms with Gasteiger partial charge in [-0.2, -0.15) is 0 Å². The van der Waals surface area contributed by atoms with Crippen LogP contribution in [0.3, 0.4) is 0 Å². The second kappa shape index (κ2) is 8.88. The number of rotatable bonds is 7. The van der Waals surface area contributed by atoms with E-state index in [2.05, 4.69) is 0 Å². The molecule has 0 aliphatic heterocycles. The number of amides is 1. The molecule has 0 aliphatic carbocycles. The lowest BCUT2D eigenvalue weighted by atomic mass is 10.2. The van der Waals surface area contributed by atoms with Crippen LogP contribution in [-0.4, -0.2) is 37.6 Å². The molecule has 0 spiro atoms. The van der Waals surface area contributed by atoms with E-state index in [4.69, 9.17) is 16.3 Å². The van der Waals surface area contributed by atoms with Gasteiger partial charge in [0.1, 0.15) is 5.75 Å². The number of halogens is 1. The van der Waals surface area contributed by atoms with Gasteiger partial charge in [-0.3, -0.25) is 9.69 Å². The molecule has 0 saturated carbocycles. The van der Waals surface area contributed by atoms with E-state index in [1.807, 2.05) is 73.2 Å². The van der Waals surface area contributed by atoms with E-state index in [-0.39, 0.29) is 11.9 Å². The lowest BCUT2D eigenvalue weighted by molar-refractivity contribution is -0.119. The number of hydrogen-bond acceptors (Lipinski definition) is 3. The fraction of sp³-hybridized carbons (Fsp3) is 0.350. The van der Waals surface area contributed by atoms with Gasteiger partial charge in [0, 0.05) is 28.9 Å². The van der Waals surface area contributed by atoms with Crippen molar-refractivity contribution in [3.8, 4) is 5.75 Å². The molecular weight excluding hydrogens is 336 g/mol. The van der Waals surface area contributed by atoms with Crippen molar-refractivity contribution >= 4 is 23.2 Å². The van der Waals surface area contributed by atoms with Gasteiger partial charge in [-0.1, -0.05) is 29.8 Å². The van der Waals surface area contributed by atoms with Crippen LogP contribution in [-0.2, 0) is 11.3 Å². The van der Waals surface area contributed by atoms with Crippen molar-refractivity contribution in [1.82, 2.24) is 4.90 Å². The van der Waals surface area contributed by atoms with Crippen molar-refractivity contribution in [2.75, 3.05) is 25.6 Å². The molecule has 2 rings (SSSR count). The van der Waals surface area contributed by atoms with Gasteiger partial charge in [0.05, 0.1) is 13.7 Å². The zero-order valence-electron chi connectivity index (χ0n) is 15.2. The smallest absolute Gasteiger partial charge is 0.241 e. The maximum Gasteiger partial charge on any atom is 0.241 e. The molecule has 0 heterocycles. The molecule has 1 amide bonds. The number of ether oxygens (including phenoxy) is 1. The summed E-state index contributed by atoms with van der Waals surface area (Å²) in [6, 6.07) is 15.3. The number of hydrogen-bond donors (Lipinski definition) is 0. The third-order valence-corrected chi connectivity index (χ3v) is 4.14. The van der Waals surface area contributed by atoms with Gasteiger partial charge < -0.3 is 9.64 Å². The average molecular weight is 361 g/mol. The lowest BCUT2D eigenvalue weighted by Crippen LogP contribution is -2.42. The van der Waals surface area contributed by atoms with Crippen LogP contribution in [0.15, 0.2) is 48.5 Å². The number of nitrogens with zero attached hydrogens (tertiary/aromatic N) is 2. The van der Waals surface area contributed by atoms with Crippen LogP contribution >= 0.6 is 11.6 Å². The predicted molar refractivity (Wildman–Crippen MR) is 103 cm³/mol. The minimum absolute atomic E-state index is 0.0599. The minimum atomic E-state index is 0.0599. The highest BCUT2D eigenvalue weighted by Crippen LogP contribution is 2.24. The predicted octanol–water partition coefficient (Wildman–Crippen LogP) is 4.22. The Morgan fingerprint density at radius 2 is 1.84 bits per heavy atom. The van der Waals surface area contributed by atoms with Gasteiger partial charge >= 0.3 is 0 Å². The number of methoxy groups -OCH3 is 1. The maximum absolute atomic E-state index is 12.8. The minimum Gasteiger partial charge on any atom is -0.496 e. The Morgan fingerprint density at radius 3 is 2.44 bits per heavy atom. The Hall–Kier alpha value is -2.04. The van der Waals surface area contributed by atoms with E-state index in [1.54, 1.807) is 13.2 Å². The van der Waals surface area contributed by atoms with Crippen LogP contribution in [0.2, 0.25) is 5.02 Å². The van der Waals surface area contributed by atoms with Gasteiger partial charge in [0.2, 0.25) is 5.91 Å². The fourth-order valence-corrected chi connectivity index (χ4v) is 3.04. The van der Waals surface area contributed by atoms with Crippen LogP contribution < -0.4 is 9.64 Å². The lowest BCUT2D eigenvalue weighted by Gasteiger charge is -2.29. The second-order valence-corrected chi connectivity index (χ2v) is 6.76. The van der Waals surface area contributed by atoms with E-state index in [0.29, 0.717) is 18.1 Å². The van der Waals surface area contributed by atoms with Gasteiger partial charge in [0.15, 0.2) is 0 Å². The number of carbonyl (C=O) groups is 1. The summed E-state index contributed by atoms with van der Waals surface area (Å²) < 4.78 is 5.38. The monoisotopic (exact) mass is 360 g/mol. The molecule has 134 valence electrons. The molecular formula is C20H25ClN2O2. The highest BCUT2D eigenvalue weighted by Gasteiger charge is 2.20. The third kappa shape index (κ3) is 5.21. The molecule has 0 aliphatic rings. The van der Waals surface area contributed by atoms with Crippen molar-refractivity contribution in [1.29, 1.82) is 0 Å². The number of carbonyl (C=O) groups excluding carboxylic acids is 1. The molecule has 2 aromatic rings. The van der Waals surface area contributed by atoms with Crippen molar-refractivity contribution < 1.29 is 9.53 Å². The van der Waals surface area contributed by atoms with Crippen LogP contribution in [0.25, 0.3) is 0 Å². The molecule has 0 unspecified atom stereocenters. The quantitative estimate of drug-likeness (QED) is 0.741. The van der Waals surface area contributed by atoms with Crippen molar-refractivity contribution in [2.45, 2.75) is 26.4 Å². The van der Waals surface area contributed by atoms with E-state index in [0.717, 1.165) is 17.0 Å². The van der Waals surface area contributed by atoms with E-state index < -0.39 is 0 Å². The third-order valence-electron chi connectivity index (χ3n) is 3.91. The summed E-state index contributed by atoms with van der Waals surface area (Å²) in [6.45, 7) is 4.93. The number of para-hydroxylation sites is 1. The van der Waals surface area contributed by atoms with Gasteiger partial charge in [-0.15, -0.1) is 0 Å². The molecule has 0 bridgehead atoms. The van der Waals surface area contributed by atoms with Crippen molar-refractivity contribution in [3.05, 3.63) is 59.1 Å². The summed E-state index contributed by atoms with van der Waals surface area (Å²) in [5.41, 5.74) is 1.87. The summed E-state index contributed by atoms with van der Waals surface area (Å²) in [4.78, 5) is 16.6. The molecule has 0 fully saturated rings. The number of anilines is 1. The van der Waals surface area contributed by atoms with Crippen LogP contribution in [0, 0.1) is 0 Å². The fourth-order valence-electron chi connectivity index (χ4n) is 2.84. The Kier molecular flexibility index (Phi) is 6.85. The zero-order chi connectivity index (χ0) is 18.4. The molecule has 0 radical (unpaired) electrons. The van der Waals surface area contributed by atoms with Crippen LogP contribution in [0.5, 0.6) is 5.75 Å². The molecule has 0 N–H and O–H groups in total. The van der Waals surface area contributed by atoms with Gasteiger partial charge in [-0.05, 0) is 51.2 Å². The first-order valence-electron chi connectivity index (χ1n) is 8.30. The maximum atomic E-state index is 12.8. The Balaban J connectivity index is 2.10. The van der Waals surface area contributed by atoms with Crippen molar-refractivity contribution in [3.63, 3.8) is 0 Å². The van der Waals surface area contributed by atoms with Gasteiger partial charge in [0.25, 0.3) is 0 Å². The first kappa shape index (κ1) is 19.3. The Labute approximate surface area is 155 Å². The largest absolute Gasteiger partial charge is 0.496 e. The summed E-state index contributed by atoms with van der Waals surface area (Å²) in [5.74, 6) is 0.831. The summed E-state index contributed by atoms with van der Waals surface area (Å²) in [6.07, 6.45) is 0. The number of benzene rings is 2. The van der Waals surface area contributed by atoms with E-state index in [1.165, 1.54) is 0 Å².